The van der Waals surface area contributed by atoms with E-state index in [2.05, 4.69) is 19.1 Å². The van der Waals surface area contributed by atoms with Gasteiger partial charge < -0.3 is 4.74 Å². The van der Waals surface area contributed by atoms with Crippen molar-refractivity contribution >= 4 is 0 Å². The zero-order chi connectivity index (χ0) is 11.8. The van der Waals surface area contributed by atoms with Gasteiger partial charge in [0.15, 0.2) is 0 Å². The third-order valence-corrected chi connectivity index (χ3v) is 3.50. The van der Waals surface area contributed by atoms with Crippen LogP contribution >= 0.6 is 0 Å². The molecular weight excluding hydrogens is 215 g/mol. The van der Waals surface area contributed by atoms with Crippen molar-refractivity contribution in [1.82, 2.24) is 0 Å². The Balaban J connectivity index is 1.73. The van der Waals surface area contributed by atoms with Gasteiger partial charge in [0.2, 0.25) is 0 Å². The van der Waals surface area contributed by atoms with E-state index in [9.17, 15) is 4.39 Å². The zero-order valence-corrected chi connectivity index (χ0v) is 9.82. The molecule has 1 nitrogen and oxygen atoms in total. The molecule has 0 bridgehead atoms. The van der Waals surface area contributed by atoms with Crippen LogP contribution < -0.4 is 0 Å². The normalized spacial score (nSPS) is 25.8. The summed E-state index contributed by atoms with van der Waals surface area (Å²) >= 11 is 0. The van der Waals surface area contributed by atoms with E-state index in [1.807, 2.05) is 6.07 Å². The van der Waals surface area contributed by atoms with Crippen molar-refractivity contribution in [2.24, 2.45) is 11.8 Å². The minimum Gasteiger partial charge on any atom is -0.493 e. The molecule has 2 heteroatoms. The molecule has 0 aliphatic heterocycles. The SMILES string of the molecule is CC1=C(OCc2ccccc2F)C2CC2C=C1. The van der Waals surface area contributed by atoms with Gasteiger partial charge in [-0.1, -0.05) is 30.4 Å². The molecule has 0 saturated heterocycles. The summed E-state index contributed by atoms with van der Waals surface area (Å²) in [5, 5.41) is 0. The van der Waals surface area contributed by atoms with E-state index in [1.54, 1.807) is 12.1 Å². The first-order valence-electron chi connectivity index (χ1n) is 6.01. The molecule has 0 aromatic heterocycles. The van der Waals surface area contributed by atoms with Crippen LogP contribution in [-0.4, -0.2) is 0 Å². The summed E-state index contributed by atoms with van der Waals surface area (Å²) in [6.07, 6.45) is 5.54. The van der Waals surface area contributed by atoms with Crippen molar-refractivity contribution in [1.29, 1.82) is 0 Å². The molecule has 0 N–H and O–H groups in total. The predicted octanol–water partition coefficient (Wildman–Crippen LogP) is 3.82. The largest absolute Gasteiger partial charge is 0.493 e. The lowest BCUT2D eigenvalue weighted by molar-refractivity contribution is 0.175. The van der Waals surface area contributed by atoms with Gasteiger partial charge in [0, 0.05) is 11.5 Å². The summed E-state index contributed by atoms with van der Waals surface area (Å²) in [5.41, 5.74) is 1.81. The molecule has 2 atom stereocenters. The summed E-state index contributed by atoms with van der Waals surface area (Å²) in [4.78, 5) is 0. The lowest BCUT2D eigenvalue weighted by Crippen LogP contribution is -2.03. The molecule has 2 aliphatic rings. The minimum absolute atomic E-state index is 0.190. The van der Waals surface area contributed by atoms with E-state index >= 15 is 0 Å². The first-order chi connectivity index (χ1) is 8.25. The fourth-order valence-corrected chi connectivity index (χ4v) is 2.36. The highest BCUT2D eigenvalue weighted by atomic mass is 19.1. The number of fused-ring (bicyclic) bond motifs is 1. The van der Waals surface area contributed by atoms with E-state index in [-0.39, 0.29) is 5.82 Å². The third-order valence-electron chi connectivity index (χ3n) is 3.50. The number of rotatable bonds is 3. The Labute approximate surface area is 101 Å². The molecule has 1 aromatic carbocycles. The van der Waals surface area contributed by atoms with Gasteiger partial charge in [-0.25, -0.2) is 4.39 Å². The second kappa shape index (κ2) is 4.02. The van der Waals surface area contributed by atoms with Gasteiger partial charge >= 0.3 is 0 Å². The van der Waals surface area contributed by atoms with Gasteiger partial charge in [-0.05, 0) is 30.9 Å². The van der Waals surface area contributed by atoms with Crippen molar-refractivity contribution in [3.05, 3.63) is 59.1 Å². The molecule has 88 valence electrons. The van der Waals surface area contributed by atoms with E-state index in [0.29, 0.717) is 24.0 Å². The van der Waals surface area contributed by atoms with E-state index in [0.717, 1.165) is 5.76 Å². The van der Waals surface area contributed by atoms with Crippen LogP contribution in [0.25, 0.3) is 0 Å². The monoisotopic (exact) mass is 230 g/mol. The Morgan fingerprint density at radius 2 is 2.18 bits per heavy atom. The molecule has 2 unspecified atom stereocenters. The average Bonchev–Trinajstić information content (AvgIpc) is 3.09. The van der Waals surface area contributed by atoms with Crippen molar-refractivity contribution < 1.29 is 9.13 Å². The second-order valence-electron chi connectivity index (χ2n) is 4.79. The molecule has 17 heavy (non-hydrogen) atoms. The van der Waals surface area contributed by atoms with E-state index in [4.69, 9.17) is 4.74 Å². The lowest BCUT2D eigenvalue weighted by atomic mass is 10.1. The van der Waals surface area contributed by atoms with Crippen LogP contribution in [0.2, 0.25) is 0 Å². The second-order valence-corrected chi connectivity index (χ2v) is 4.79. The van der Waals surface area contributed by atoms with Crippen LogP contribution in [0.1, 0.15) is 18.9 Å². The minimum atomic E-state index is -0.190. The Kier molecular flexibility index (Phi) is 2.50. The van der Waals surface area contributed by atoms with Gasteiger partial charge in [-0.2, -0.15) is 0 Å². The lowest BCUT2D eigenvalue weighted by Gasteiger charge is -2.15. The first kappa shape index (κ1) is 10.6. The fourth-order valence-electron chi connectivity index (χ4n) is 2.36. The quantitative estimate of drug-likeness (QED) is 0.767. The molecule has 0 spiro atoms. The number of halogens is 1. The number of ether oxygens (including phenoxy) is 1. The molecule has 0 amide bonds. The first-order valence-corrected chi connectivity index (χ1v) is 6.01. The van der Waals surface area contributed by atoms with Crippen molar-refractivity contribution in [2.75, 3.05) is 0 Å². The fraction of sp³-hybridized carbons (Fsp3) is 0.333. The van der Waals surface area contributed by atoms with Crippen LogP contribution in [0.3, 0.4) is 0 Å². The highest BCUT2D eigenvalue weighted by molar-refractivity contribution is 5.33. The standard InChI is InChI=1S/C15H15FO/c1-10-6-7-11-8-13(11)15(10)17-9-12-4-2-3-5-14(12)16/h2-7,11,13H,8-9H2,1H3. The maximum absolute atomic E-state index is 13.4. The van der Waals surface area contributed by atoms with Crippen molar-refractivity contribution in [2.45, 2.75) is 20.0 Å². The van der Waals surface area contributed by atoms with Gasteiger partial charge in [-0.15, -0.1) is 0 Å². The van der Waals surface area contributed by atoms with Gasteiger partial charge in [-0.3, -0.25) is 0 Å². The molecule has 1 saturated carbocycles. The highest BCUT2D eigenvalue weighted by Crippen LogP contribution is 2.49. The molecule has 2 aliphatic carbocycles. The summed E-state index contributed by atoms with van der Waals surface area (Å²) in [7, 11) is 0. The Morgan fingerprint density at radius 1 is 1.35 bits per heavy atom. The summed E-state index contributed by atoms with van der Waals surface area (Å²) in [5.74, 6) is 2.08. The predicted molar refractivity (Wildman–Crippen MR) is 64.6 cm³/mol. The van der Waals surface area contributed by atoms with Crippen molar-refractivity contribution in [3.63, 3.8) is 0 Å². The summed E-state index contributed by atoms with van der Waals surface area (Å²) in [6.45, 7) is 2.39. The maximum atomic E-state index is 13.4. The smallest absolute Gasteiger partial charge is 0.129 e. The molecular formula is C15H15FO. The van der Waals surface area contributed by atoms with Crippen LogP contribution in [0.5, 0.6) is 0 Å². The summed E-state index contributed by atoms with van der Waals surface area (Å²) < 4.78 is 19.2. The van der Waals surface area contributed by atoms with Crippen LogP contribution in [0.15, 0.2) is 47.7 Å². The molecule has 1 fully saturated rings. The number of allylic oxidation sites excluding steroid dienone is 4. The number of hydrogen-bond acceptors (Lipinski definition) is 1. The van der Waals surface area contributed by atoms with Gasteiger partial charge in [0.05, 0.1) is 0 Å². The summed E-state index contributed by atoms with van der Waals surface area (Å²) in [6, 6.07) is 6.78. The molecule has 1 aromatic rings. The topological polar surface area (TPSA) is 9.23 Å². The Morgan fingerprint density at radius 3 is 3.00 bits per heavy atom. The van der Waals surface area contributed by atoms with Crippen LogP contribution in [-0.2, 0) is 11.3 Å². The highest BCUT2D eigenvalue weighted by Gasteiger charge is 2.41. The van der Waals surface area contributed by atoms with Crippen molar-refractivity contribution in [3.8, 4) is 0 Å². The zero-order valence-electron chi connectivity index (χ0n) is 9.82. The Hall–Kier alpha value is -1.57. The third kappa shape index (κ3) is 1.99. The molecule has 0 heterocycles. The number of benzene rings is 1. The maximum Gasteiger partial charge on any atom is 0.129 e. The number of hydrogen-bond donors (Lipinski definition) is 0. The van der Waals surface area contributed by atoms with E-state index < -0.39 is 0 Å². The van der Waals surface area contributed by atoms with Gasteiger partial charge in [0.1, 0.15) is 18.2 Å². The van der Waals surface area contributed by atoms with Crippen LogP contribution in [0, 0.1) is 17.7 Å². The molecule has 0 radical (unpaired) electrons. The Bertz CT molecular complexity index is 501. The van der Waals surface area contributed by atoms with Crippen LogP contribution in [0.4, 0.5) is 4.39 Å². The molecule has 3 rings (SSSR count). The van der Waals surface area contributed by atoms with E-state index in [1.165, 1.54) is 18.1 Å². The average molecular weight is 230 g/mol. The van der Waals surface area contributed by atoms with Gasteiger partial charge in [0.25, 0.3) is 0 Å².